The van der Waals surface area contributed by atoms with Crippen molar-refractivity contribution in [3.8, 4) is 17.2 Å². The van der Waals surface area contributed by atoms with Gasteiger partial charge in [-0.05, 0) is 31.9 Å². The number of methoxy groups -OCH3 is 2. The van der Waals surface area contributed by atoms with Crippen molar-refractivity contribution in [3.05, 3.63) is 89.5 Å². The number of carbonyl (C=O) groups excluding carboxylic acids is 2. The Morgan fingerprint density at radius 1 is 0.838 bits per heavy atom. The van der Waals surface area contributed by atoms with Gasteiger partial charge < -0.3 is 24.4 Å². The normalized spacial score (nSPS) is 11.5. The van der Waals surface area contributed by atoms with Crippen LogP contribution in [-0.2, 0) is 22.6 Å². The maximum absolute atomic E-state index is 13.7. The molecule has 0 heterocycles. The summed E-state index contributed by atoms with van der Waals surface area (Å²) in [7, 11) is 3.10. The van der Waals surface area contributed by atoms with Gasteiger partial charge in [-0.25, -0.2) is 0 Å². The van der Waals surface area contributed by atoms with Gasteiger partial charge >= 0.3 is 0 Å². The van der Waals surface area contributed by atoms with E-state index in [1.807, 2.05) is 75.4 Å². The van der Waals surface area contributed by atoms with E-state index in [1.54, 1.807) is 37.3 Å². The molecule has 7 nitrogen and oxygen atoms in total. The molecule has 0 bridgehead atoms. The van der Waals surface area contributed by atoms with Crippen molar-refractivity contribution < 1.29 is 23.8 Å². The Kier molecular flexibility index (Phi) is 9.95. The highest BCUT2D eigenvalue weighted by atomic mass is 16.5. The van der Waals surface area contributed by atoms with E-state index in [9.17, 15) is 9.59 Å². The molecule has 196 valence electrons. The fourth-order valence-electron chi connectivity index (χ4n) is 4.03. The summed E-state index contributed by atoms with van der Waals surface area (Å²) in [5.74, 6) is 1.03. The van der Waals surface area contributed by atoms with Crippen molar-refractivity contribution in [1.29, 1.82) is 0 Å². The molecule has 0 saturated heterocycles. The first-order chi connectivity index (χ1) is 17.8. The molecule has 0 saturated carbocycles. The number of hydrogen-bond acceptors (Lipinski definition) is 5. The minimum atomic E-state index is -0.721. The predicted octanol–water partition coefficient (Wildman–Crippen LogP) is 4.56. The molecule has 0 radical (unpaired) electrons. The molecule has 7 heteroatoms. The zero-order valence-corrected chi connectivity index (χ0v) is 22.2. The van der Waals surface area contributed by atoms with Crippen LogP contribution in [0.25, 0.3) is 0 Å². The maximum Gasteiger partial charge on any atom is 0.261 e. The molecule has 1 atom stereocenters. The summed E-state index contributed by atoms with van der Waals surface area (Å²) in [4.78, 5) is 28.7. The first kappa shape index (κ1) is 27.6. The zero-order chi connectivity index (χ0) is 26.8. The molecule has 2 amide bonds. The van der Waals surface area contributed by atoms with Gasteiger partial charge in [0.1, 0.15) is 23.3 Å². The van der Waals surface area contributed by atoms with E-state index in [4.69, 9.17) is 14.2 Å². The molecule has 0 aliphatic rings. The maximum atomic E-state index is 13.7. The first-order valence-corrected chi connectivity index (χ1v) is 12.3. The lowest BCUT2D eigenvalue weighted by Crippen LogP contribution is -2.52. The number of benzene rings is 3. The Morgan fingerprint density at radius 2 is 1.46 bits per heavy atom. The standard InChI is InChI=1S/C30H36N2O5/c1-21(2)31-30(34)28(15-23-11-7-6-8-12-23)32(19-24-13-9-10-22(3)14-24)29(33)20-37-27-17-25(35-4)16-26(18-27)36-5/h6-14,16-18,21,28H,15,19-20H2,1-5H3,(H,31,34). The Balaban J connectivity index is 1.92. The predicted molar refractivity (Wildman–Crippen MR) is 144 cm³/mol. The van der Waals surface area contributed by atoms with Crippen molar-refractivity contribution in [2.75, 3.05) is 20.8 Å². The van der Waals surface area contributed by atoms with E-state index in [2.05, 4.69) is 5.32 Å². The fraction of sp³-hybridized carbons (Fsp3) is 0.333. The number of hydrogen-bond donors (Lipinski definition) is 1. The van der Waals surface area contributed by atoms with Crippen molar-refractivity contribution in [1.82, 2.24) is 10.2 Å². The molecule has 0 aromatic heterocycles. The summed E-state index contributed by atoms with van der Waals surface area (Å²) in [6.45, 7) is 5.84. The van der Waals surface area contributed by atoms with Gasteiger partial charge in [0.2, 0.25) is 5.91 Å². The van der Waals surface area contributed by atoms with Gasteiger partial charge in [0.15, 0.2) is 6.61 Å². The van der Waals surface area contributed by atoms with Crippen LogP contribution < -0.4 is 19.5 Å². The highest BCUT2D eigenvalue weighted by Gasteiger charge is 2.31. The molecule has 0 aliphatic heterocycles. The average molecular weight is 505 g/mol. The lowest BCUT2D eigenvalue weighted by molar-refractivity contribution is -0.143. The highest BCUT2D eigenvalue weighted by molar-refractivity contribution is 5.88. The topological polar surface area (TPSA) is 77.1 Å². The lowest BCUT2D eigenvalue weighted by atomic mass is 10.0. The van der Waals surface area contributed by atoms with Gasteiger partial charge in [0, 0.05) is 37.2 Å². The minimum Gasteiger partial charge on any atom is -0.496 e. The number of aryl methyl sites for hydroxylation is 1. The van der Waals surface area contributed by atoms with Crippen molar-refractivity contribution in [2.45, 2.75) is 45.8 Å². The summed E-state index contributed by atoms with van der Waals surface area (Å²) in [6, 6.07) is 22.0. The van der Waals surface area contributed by atoms with Gasteiger partial charge in [-0.3, -0.25) is 9.59 Å². The van der Waals surface area contributed by atoms with Crippen LogP contribution in [0, 0.1) is 6.92 Å². The minimum absolute atomic E-state index is 0.0674. The third kappa shape index (κ3) is 8.27. The Morgan fingerprint density at radius 3 is 2.05 bits per heavy atom. The second-order valence-electron chi connectivity index (χ2n) is 9.22. The van der Waals surface area contributed by atoms with Crippen LogP contribution in [0.1, 0.15) is 30.5 Å². The SMILES string of the molecule is COc1cc(OC)cc(OCC(=O)N(Cc2cccc(C)c2)C(Cc2ccccc2)C(=O)NC(C)C)c1. The highest BCUT2D eigenvalue weighted by Crippen LogP contribution is 2.27. The van der Waals surface area contributed by atoms with Crippen LogP contribution in [0.2, 0.25) is 0 Å². The van der Waals surface area contributed by atoms with Crippen molar-refractivity contribution in [3.63, 3.8) is 0 Å². The molecule has 1 unspecified atom stereocenters. The average Bonchev–Trinajstić information content (AvgIpc) is 2.89. The molecule has 3 rings (SSSR count). The fourth-order valence-corrected chi connectivity index (χ4v) is 4.03. The van der Waals surface area contributed by atoms with E-state index in [0.29, 0.717) is 23.7 Å². The largest absolute Gasteiger partial charge is 0.496 e. The number of nitrogens with one attached hydrogen (secondary N) is 1. The lowest BCUT2D eigenvalue weighted by Gasteiger charge is -2.32. The van der Waals surface area contributed by atoms with Crippen LogP contribution >= 0.6 is 0 Å². The van der Waals surface area contributed by atoms with E-state index >= 15 is 0 Å². The Bertz CT molecular complexity index is 1160. The van der Waals surface area contributed by atoms with Gasteiger partial charge in [-0.15, -0.1) is 0 Å². The zero-order valence-electron chi connectivity index (χ0n) is 22.2. The molecule has 3 aromatic rings. The first-order valence-electron chi connectivity index (χ1n) is 12.3. The number of carbonyl (C=O) groups is 2. The van der Waals surface area contributed by atoms with E-state index in [1.165, 1.54) is 0 Å². The second kappa shape index (κ2) is 13.3. The second-order valence-corrected chi connectivity index (χ2v) is 9.22. The quantitative estimate of drug-likeness (QED) is 0.391. The Hall–Kier alpha value is -4.00. The summed E-state index contributed by atoms with van der Waals surface area (Å²) in [5.41, 5.74) is 2.98. The van der Waals surface area contributed by atoms with Crippen molar-refractivity contribution in [2.24, 2.45) is 0 Å². The monoisotopic (exact) mass is 504 g/mol. The molecule has 37 heavy (non-hydrogen) atoms. The third-order valence-corrected chi connectivity index (χ3v) is 5.82. The molecule has 3 aromatic carbocycles. The molecule has 0 fully saturated rings. The van der Waals surface area contributed by atoms with Crippen LogP contribution in [0.5, 0.6) is 17.2 Å². The summed E-state index contributed by atoms with van der Waals surface area (Å²) in [5, 5.41) is 2.99. The van der Waals surface area contributed by atoms with Gasteiger partial charge in [0.05, 0.1) is 14.2 Å². The van der Waals surface area contributed by atoms with E-state index < -0.39 is 6.04 Å². The number of amides is 2. The molecule has 0 aliphatic carbocycles. The molecule has 0 spiro atoms. The van der Waals surface area contributed by atoms with Gasteiger partial charge in [-0.1, -0.05) is 60.2 Å². The van der Waals surface area contributed by atoms with Crippen LogP contribution in [-0.4, -0.2) is 49.6 Å². The van der Waals surface area contributed by atoms with Gasteiger partial charge in [0.25, 0.3) is 5.91 Å². The molecular weight excluding hydrogens is 468 g/mol. The number of nitrogens with zero attached hydrogens (tertiary/aromatic N) is 1. The summed E-state index contributed by atoms with van der Waals surface area (Å²) < 4.78 is 16.5. The number of rotatable bonds is 12. The smallest absolute Gasteiger partial charge is 0.261 e. The number of ether oxygens (including phenoxy) is 3. The molecule has 1 N–H and O–H groups in total. The van der Waals surface area contributed by atoms with E-state index in [-0.39, 0.29) is 31.0 Å². The molecular formula is C30H36N2O5. The van der Waals surface area contributed by atoms with Crippen LogP contribution in [0.3, 0.4) is 0 Å². The summed E-state index contributed by atoms with van der Waals surface area (Å²) in [6.07, 6.45) is 0.379. The summed E-state index contributed by atoms with van der Waals surface area (Å²) >= 11 is 0. The van der Waals surface area contributed by atoms with Crippen LogP contribution in [0.15, 0.2) is 72.8 Å². The van der Waals surface area contributed by atoms with Gasteiger partial charge in [-0.2, -0.15) is 0 Å². The van der Waals surface area contributed by atoms with Crippen LogP contribution in [0.4, 0.5) is 0 Å². The van der Waals surface area contributed by atoms with Crippen molar-refractivity contribution >= 4 is 11.8 Å². The third-order valence-electron chi connectivity index (χ3n) is 5.82. The van der Waals surface area contributed by atoms with E-state index in [0.717, 1.165) is 16.7 Å². The Labute approximate surface area is 219 Å².